The van der Waals surface area contributed by atoms with Gasteiger partial charge < -0.3 is 19.9 Å². The van der Waals surface area contributed by atoms with Gasteiger partial charge >= 0.3 is 0 Å². The van der Waals surface area contributed by atoms with Gasteiger partial charge in [0.15, 0.2) is 0 Å². The first-order valence-electron chi connectivity index (χ1n) is 11.6. The van der Waals surface area contributed by atoms with E-state index in [9.17, 15) is 9.59 Å². The van der Waals surface area contributed by atoms with Gasteiger partial charge in [-0.25, -0.2) is 4.98 Å². The van der Waals surface area contributed by atoms with E-state index in [-0.39, 0.29) is 18.4 Å². The molecule has 0 aliphatic heterocycles. The van der Waals surface area contributed by atoms with Crippen LogP contribution in [0, 0.1) is 13.8 Å². The molecular weight excluding hydrogens is 444 g/mol. The number of aryl methyl sites for hydroxylation is 4. The second-order valence-electron chi connectivity index (χ2n) is 8.45. The zero-order valence-electron chi connectivity index (χ0n) is 20.2. The molecule has 0 aliphatic carbocycles. The number of carbonyl (C=O) groups is 2. The number of anilines is 1. The van der Waals surface area contributed by atoms with Crippen LogP contribution in [0.15, 0.2) is 54.9 Å². The molecule has 35 heavy (non-hydrogen) atoms. The molecule has 2 aromatic carbocycles. The van der Waals surface area contributed by atoms with E-state index < -0.39 is 0 Å². The van der Waals surface area contributed by atoms with Crippen LogP contribution in [-0.2, 0) is 29.0 Å². The van der Waals surface area contributed by atoms with Crippen LogP contribution in [0.2, 0.25) is 0 Å². The van der Waals surface area contributed by atoms with Crippen LogP contribution in [0.4, 0.5) is 5.69 Å². The summed E-state index contributed by atoms with van der Waals surface area (Å²) in [7, 11) is 1.46. The average molecular weight is 475 g/mol. The van der Waals surface area contributed by atoms with Crippen molar-refractivity contribution >= 4 is 28.5 Å². The monoisotopic (exact) mass is 474 g/mol. The minimum atomic E-state index is -0.299. The number of fused-ring (bicyclic) bond motifs is 1. The van der Waals surface area contributed by atoms with E-state index in [0.29, 0.717) is 36.4 Å². The highest BCUT2D eigenvalue weighted by Crippen LogP contribution is 2.26. The van der Waals surface area contributed by atoms with Crippen molar-refractivity contribution in [2.24, 2.45) is 0 Å². The van der Waals surface area contributed by atoms with E-state index in [4.69, 9.17) is 4.74 Å². The molecule has 0 radical (unpaired) electrons. The molecule has 0 aliphatic rings. The van der Waals surface area contributed by atoms with Gasteiger partial charge in [-0.1, -0.05) is 30.3 Å². The number of nitrogens with zero attached hydrogens (tertiary/aromatic N) is 4. The fourth-order valence-corrected chi connectivity index (χ4v) is 4.10. The van der Waals surface area contributed by atoms with Crippen LogP contribution in [0.1, 0.15) is 27.3 Å². The topological polar surface area (TPSA) is 103 Å². The van der Waals surface area contributed by atoms with E-state index in [0.717, 1.165) is 23.3 Å². The predicted molar refractivity (Wildman–Crippen MR) is 134 cm³/mol. The third-order valence-electron chi connectivity index (χ3n) is 5.72. The summed E-state index contributed by atoms with van der Waals surface area (Å²) < 4.78 is 8.83. The Balaban J connectivity index is 1.55. The van der Waals surface area contributed by atoms with Gasteiger partial charge in [-0.2, -0.15) is 5.10 Å². The van der Waals surface area contributed by atoms with Gasteiger partial charge in [0.1, 0.15) is 6.61 Å². The van der Waals surface area contributed by atoms with Crippen LogP contribution in [0.25, 0.3) is 11.0 Å². The first kappa shape index (κ1) is 24.2. The number of imidazole rings is 1. The molecule has 0 atom stereocenters. The predicted octanol–water partition coefficient (Wildman–Crippen LogP) is 3.11. The van der Waals surface area contributed by atoms with Gasteiger partial charge in [-0.05, 0) is 44.0 Å². The van der Waals surface area contributed by atoms with Crippen molar-refractivity contribution in [2.45, 2.75) is 33.4 Å². The highest BCUT2D eigenvalue weighted by atomic mass is 16.5. The minimum Gasteiger partial charge on any atom is -0.375 e. The maximum Gasteiger partial charge on any atom is 0.251 e. The van der Waals surface area contributed by atoms with Crippen LogP contribution in [0.3, 0.4) is 0 Å². The highest BCUT2D eigenvalue weighted by molar-refractivity contribution is 6.05. The molecule has 0 fully saturated rings. The zero-order chi connectivity index (χ0) is 24.8. The van der Waals surface area contributed by atoms with Crippen molar-refractivity contribution in [3.63, 3.8) is 0 Å². The van der Waals surface area contributed by atoms with Crippen molar-refractivity contribution in [3.05, 3.63) is 77.4 Å². The first-order valence-corrected chi connectivity index (χ1v) is 11.6. The highest BCUT2D eigenvalue weighted by Gasteiger charge is 2.16. The number of aromatic nitrogens is 4. The summed E-state index contributed by atoms with van der Waals surface area (Å²) >= 11 is 0. The lowest BCUT2D eigenvalue weighted by atomic mass is 10.1. The molecule has 4 rings (SSSR count). The van der Waals surface area contributed by atoms with Crippen molar-refractivity contribution < 1.29 is 14.3 Å². The minimum absolute atomic E-state index is 0.0846. The number of hydrogen-bond donors (Lipinski definition) is 2. The number of amides is 2. The first-order chi connectivity index (χ1) is 16.9. The van der Waals surface area contributed by atoms with E-state index in [2.05, 4.69) is 32.8 Å². The summed E-state index contributed by atoms with van der Waals surface area (Å²) in [5.41, 5.74) is 5.55. The summed E-state index contributed by atoms with van der Waals surface area (Å²) in [6, 6.07) is 15.6. The van der Waals surface area contributed by atoms with Crippen LogP contribution in [-0.4, -0.2) is 51.4 Å². The molecule has 0 unspecified atom stereocenters. The Bertz CT molecular complexity index is 1330. The van der Waals surface area contributed by atoms with Crippen molar-refractivity contribution in [1.82, 2.24) is 24.6 Å². The van der Waals surface area contributed by atoms with Gasteiger partial charge in [0.25, 0.3) is 5.91 Å². The SMILES string of the molecule is COCC(=O)Nc1cc(C(=O)NCCn2nc(C)cc2C)cc2ncn(CCc3ccccc3)c12. The van der Waals surface area contributed by atoms with Gasteiger partial charge in [-0.15, -0.1) is 0 Å². The summed E-state index contributed by atoms with van der Waals surface area (Å²) in [6.45, 7) is 5.52. The summed E-state index contributed by atoms with van der Waals surface area (Å²) in [6.07, 6.45) is 2.55. The van der Waals surface area contributed by atoms with Gasteiger partial charge in [-0.3, -0.25) is 14.3 Å². The molecule has 0 bridgehead atoms. The number of ether oxygens (including phenoxy) is 1. The largest absolute Gasteiger partial charge is 0.375 e. The molecule has 0 saturated carbocycles. The van der Waals surface area contributed by atoms with Crippen molar-refractivity contribution in [1.29, 1.82) is 0 Å². The maximum atomic E-state index is 12.9. The Hall–Kier alpha value is -3.98. The summed E-state index contributed by atoms with van der Waals surface area (Å²) in [5.74, 6) is -0.541. The number of hydrogen-bond acceptors (Lipinski definition) is 5. The molecule has 2 N–H and O–H groups in total. The van der Waals surface area contributed by atoms with Crippen molar-refractivity contribution in [3.8, 4) is 0 Å². The van der Waals surface area contributed by atoms with Crippen LogP contribution >= 0.6 is 0 Å². The number of rotatable bonds is 10. The number of carbonyl (C=O) groups excluding carboxylic acids is 2. The van der Waals surface area contributed by atoms with Gasteiger partial charge in [0, 0.05) is 31.5 Å². The fraction of sp³-hybridized carbons (Fsp3) is 0.308. The smallest absolute Gasteiger partial charge is 0.251 e. The maximum absolute atomic E-state index is 12.9. The van der Waals surface area contributed by atoms with Crippen LogP contribution in [0.5, 0.6) is 0 Å². The molecule has 2 amide bonds. The molecule has 2 heterocycles. The molecule has 0 spiro atoms. The van der Waals surface area contributed by atoms with E-state index in [1.165, 1.54) is 12.7 Å². The Labute approximate surface area is 204 Å². The lowest BCUT2D eigenvalue weighted by Crippen LogP contribution is -2.28. The lowest BCUT2D eigenvalue weighted by Gasteiger charge is -2.13. The molecule has 182 valence electrons. The normalized spacial score (nSPS) is 11.1. The third-order valence-corrected chi connectivity index (χ3v) is 5.72. The summed E-state index contributed by atoms with van der Waals surface area (Å²) in [5, 5.41) is 10.2. The van der Waals surface area contributed by atoms with Gasteiger partial charge in [0.05, 0.1) is 35.3 Å². The lowest BCUT2D eigenvalue weighted by molar-refractivity contribution is -0.119. The Morgan fingerprint density at radius 1 is 1.06 bits per heavy atom. The molecule has 9 heteroatoms. The molecule has 2 aromatic heterocycles. The fourth-order valence-electron chi connectivity index (χ4n) is 4.10. The average Bonchev–Trinajstić information content (AvgIpc) is 3.40. The van der Waals surface area contributed by atoms with E-state index in [1.807, 2.05) is 47.4 Å². The number of benzene rings is 2. The Morgan fingerprint density at radius 3 is 2.57 bits per heavy atom. The number of methoxy groups -OCH3 is 1. The summed E-state index contributed by atoms with van der Waals surface area (Å²) in [4.78, 5) is 29.8. The van der Waals surface area contributed by atoms with E-state index >= 15 is 0 Å². The third kappa shape index (κ3) is 5.93. The van der Waals surface area contributed by atoms with Gasteiger partial charge in [0.2, 0.25) is 5.91 Å². The second-order valence-corrected chi connectivity index (χ2v) is 8.45. The van der Waals surface area contributed by atoms with E-state index in [1.54, 1.807) is 18.5 Å². The van der Waals surface area contributed by atoms with Crippen LogP contribution < -0.4 is 10.6 Å². The Morgan fingerprint density at radius 2 is 1.86 bits per heavy atom. The zero-order valence-corrected chi connectivity index (χ0v) is 20.2. The molecular formula is C26H30N6O3. The quantitative estimate of drug-likeness (QED) is 0.368. The molecule has 0 saturated heterocycles. The van der Waals surface area contributed by atoms with Crippen molar-refractivity contribution in [2.75, 3.05) is 25.6 Å². The Kier molecular flexibility index (Phi) is 7.57. The standard InChI is InChI=1S/C26H30N6O3/c1-18-13-19(2)32(30-18)12-10-27-26(34)21-14-22-25(23(15-21)29-24(33)16-35-3)31(17-28-22)11-9-20-7-5-4-6-8-20/h4-8,13-15,17H,9-12,16H2,1-3H3,(H,27,34)(H,29,33). The second kappa shape index (κ2) is 11.0. The number of nitrogens with one attached hydrogen (secondary N) is 2. The molecule has 4 aromatic rings. The molecule has 9 nitrogen and oxygen atoms in total.